The van der Waals surface area contributed by atoms with Crippen LogP contribution in [0, 0.1) is 30.6 Å². The molecule has 0 saturated heterocycles. The number of aryl methyl sites for hydroxylation is 1. The van der Waals surface area contributed by atoms with Crippen LogP contribution >= 0.6 is 0 Å². The summed E-state index contributed by atoms with van der Waals surface area (Å²) >= 11 is 0. The van der Waals surface area contributed by atoms with Gasteiger partial charge in [-0.1, -0.05) is 33.8 Å². The van der Waals surface area contributed by atoms with Crippen molar-refractivity contribution >= 4 is 17.3 Å². The minimum absolute atomic E-state index is 0.0410. The lowest BCUT2D eigenvalue weighted by Gasteiger charge is -2.14. The molecule has 0 bridgehead atoms. The second kappa shape index (κ2) is 3.99. The van der Waals surface area contributed by atoms with Gasteiger partial charge in [0.2, 0.25) is 5.91 Å². The van der Waals surface area contributed by atoms with Crippen LogP contribution < -0.4 is 11.1 Å². The molecule has 1 aromatic rings. The first kappa shape index (κ1) is 13.9. The average Bonchev–Trinajstić information content (AvgIpc) is 2.70. The first-order valence-corrected chi connectivity index (χ1v) is 6.77. The lowest BCUT2D eigenvalue weighted by atomic mass is 10.0. The van der Waals surface area contributed by atoms with Crippen molar-refractivity contribution in [1.29, 1.82) is 0 Å². The lowest BCUT2D eigenvalue weighted by Crippen LogP contribution is -2.19. The van der Waals surface area contributed by atoms with E-state index < -0.39 is 0 Å². The molecule has 1 saturated carbocycles. The Labute approximate surface area is 115 Å². The van der Waals surface area contributed by atoms with Crippen molar-refractivity contribution in [3.63, 3.8) is 0 Å². The molecule has 3 N–H and O–H groups in total. The Hall–Kier alpha value is -1.51. The highest BCUT2D eigenvalue weighted by Gasteiger charge is 2.68. The van der Waals surface area contributed by atoms with E-state index in [1.807, 2.05) is 26.0 Å². The summed E-state index contributed by atoms with van der Waals surface area (Å²) in [6.45, 7) is 12.6. The Balaban J connectivity index is 2.25. The van der Waals surface area contributed by atoms with Gasteiger partial charge in [0.05, 0.1) is 11.4 Å². The van der Waals surface area contributed by atoms with Crippen LogP contribution in [0.25, 0.3) is 0 Å². The Morgan fingerprint density at radius 3 is 2.16 bits per heavy atom. The number of benzene rings is 1. The Morgan fingerprint density at radius 1 is 1.16 bits per heavy atom. The number of anilines is 2. The fourth-order valence-electron chi connectivity index (χ4n) is 3.05. The largest absolute Gasteiger partial charge is 0.397 e. The third-order valence-corrected chi connectivity index (χ3v) is 5.30. The van der Waals surface area contributed by atoms with Gasteiger partial charge in [-0.2, -0.15) is 0 Å². The molecule has 1 amide bonds. The molecule has 19 heavy (non-hydrogen) atoms. The molecular weight excluding hydrogens is 236 g/mol. The van der Waals surface area contributed by atoms with E-state index in [0.29, 0.717) is 5.69 Å². The molecule has 1 aliphatic rings. The fourth-order valence-corrected chi connectivity index (χ4v) is 3.05. The summed E-state index contributed by atoms with van der Waals surface area (Å²) in [6.07, 6.45) is 0. The fraction of sp³-hybridized carbons (Fsp3) is 0.562. The molecule has 0 aliphatic heterocycles. The smallest absolute Gasteiger partial charge is 0.228 e. The molecule has 3 nitrogen and oxygen atoms in total. The van der Waals surface area contributed by atoms with Gasteiger partial charge in [0.25, 0.3) is 0 Å². The van der Waals surface area contributed by atoms with Crippen LogP contribution in [-0.2, 0) is 4.79 Å². The van der Waals surface area contributed by atoms with Crippen molar-refractivity contribution < 1.29 is 4.79 Å². The number of nitrogens with one attached hydrogen (secondary N) is 1. The summed E-state index contributed by atoms with van der Waals surface area (Å²) in [6, 6.07) is 3.83. The van der Waals surface area contributed by atoms with Crippen LogP contribution in [0.5, 0.6) is 0 Å². The standard InChI is InChI=1S/C16H24N2O/c1-9-7-8-11(17)12(10(9)2)18-14(19)13-15(3,4)16(13,5)6/h7-8,13H,17H2,1-6H3,(H,18,19). The van der Waals surface area contributed by atoms with Gasteiger partial charge >= 0.3 is 0 Å². The van der Waals surface area contributed by atoms with Crippen molar-refractivity contribution in [2.24, 2.45) is 16.7 Å². The topological polar surface area (TPSA) is 55.1 Å². The van der Waals surface area contributed by atoms with Crippen molar-refractivity contribution in [2.75, 3.05) is 11.1 Å². The predicted molar refractivity (Wildman–Crippen MR) is 80.0 cm³/mol. The maximum absolute atomic E-state index is 12.5. The monoisotopic (exact) mass is 260 g/mol. The van der Waals surface area contributed by atoms with Crippen molar-refractivity contribution in [2.45, 2.75) is 41.5 Å². The van der Waals surface area contributed by atoms with Gasteiger partial charge in [-0.25, -0.2) is 0 Å². The molecule has 0 atom stereocenters. The second-order valence-corrected chi connectivity index (χ2v) is 6.84. The number of hydrogen-bond donors (Lipinski definition) is 2. The first-order chi connectivity index (χ1) is 8.60. The molecule has 0 spiro atoms. The van der Waals surface area contributed by atoms with E-state index in [2.05, 4.69) is 33.0 Å². The third-order valence-electron chi connectivity index (χ3n) is 5.30. The Kier molecular flexibility index (Phi) is 2.92. The number of rotatable bonds is 2. The van der Waals surface area contributed by atoms with E-state index in [4.69, 9.17) is 5.73 Å². The molecular formula is C16H24N2O. The summed E-state index contributed by atoms with van der Waals surface area (Å²) in [5.74, 6) is 0.120. The van der Waals surface area contributed by atoms with Gasteiger partial charge in [-0.05, 0) is 41.9 Å². The maximum atomic E-state index is 12.5. The normalized spacial score (nSPS) is 20.1. The zero-order chi connectivity index (χ0) is 14.6. The van der Waals surface area contributed by atoms with Crippen LogP contribution in [0.3, 0.4) is 0 Å². The zero-order valence-electron chi connectivity index (χ0n) is 12.7. The van der Waals surface area contributed by atoms with Gasteiger partial charge in [-0.3, -0.25) is 4.79 Å². The summed E-state index contributed by atoms with van der Waals surface area (Å²) in [4.78, 5) is 12.5. The molecule has 1 aliphatic carbocycles. The van der Waals surface area contributed by atoms with Crippen molar-refractivity contribution in [3.8, 4) is 0 Å². The molecule has 1 aromatic carbocycles. The number of hydrogen-bond acceptors (Lipinski definition) is 2. The van der Waals surface area contributed by atoms with Crippen LogP contribution in [-0.4, -0.2) is 5.91 Å². The molecule has 0 radical (unpaired) electrons. The average molecular weight is 260 g/mol. The van der Waals surface area contributed by atoms with Crippen LogP contribution in [0.1, 0.15) is 38.8 Å². The predicted octanol–water partition coefficient (Wildman–Crippen LogP) is 3.51. The highest BCUT2D eigenvalue weighted by molar-refractivity contribution is 5.99. The highest BCUT2D eigenvalue weighted by Crippen LogP contribution is 2.68. The molecule has 2 rings (SSSR count). The summed E-state index contributed by atoms with van der Waals surface area (Å²) in [7, 11) is 0. The molecule has 0 unspecified atom stereocenters. The van der Waals surface area contributed by atoms with Crippen LogP contribution in [0.4, 0.5) is 11.4 Å². The molecule has 1 fully saturated rings. The van der Waals surface area contributed by atoms with Gasteiger partial charge < -0.3 is 11.1 Å². The van der Waals surface area contributed by atoms with E-state index in [0.717, 1.165) is 16.8 Å². The zero-order valence-corrected chi connectivity index (χ0v) is 12.7. The van der Waals surface area contributed by atoms with Gasteiger partial charge in [0.15, 0.2) is 0 Å². The van der Waals surface area contributed by atoms with Crippen LogP contribution in [0.15, 0.2) is 12.1 Å². The SMILES string of the molecule is Cc1ccc(N)c(NC(=O)C2C(C)(C)C2(C)C)c1C. The van der Waals surface area contributed by atoms with E-state index in [9.17, 15) is 4.79 Å². The number of nitrogens with two attached hydrogens (primary N) is 1. The number of carbonyl (C=O) groups excluding carboxylic acids is 1. The third kappa shape index (κ3) is 1.92. The highest BCUT2D eigenvalue weighted by atomic mass is 16.2. The minimum Gasteiger partial charge on any atom is -0.397 e. The second-order valence-electron chi connectivity index (χ2n) is 6.84. The quantitative estimate of drug-likeness (QED) is 0.799. The van der Waals surface area contributed by atoms with Gasteiger partial charge in [0.1, 0.15) is 0 Å². The summed E-state index contributed by atoms with van der Waals surface area (Å²) in [5, 5.41) is 3.03. The maximum Gasteiger partial charge on any atom is 0.228 e. The molecule has 0 aromatic heterocycles. The van der Waals surface area contributed by atoms with Crippen molar-refractivity contribution in [3.05, 3.63) is 23.3 Å². The van der Waals surface area contributed by atoms with E-state index in [-0.39, 0.29) is 22.7 Å². The molecule has 104 valence electrons. The van der Waals surface area contributed by atoms with Crippen LogP contribution in [0.2, 0.25) is 0 Å². The minimum atomic E-state index is 0.0410. The van der Waals surface area contributed by atoms with E-state index >= 15 is 0 Å². The van der Waals surface area contributed by atoms with E-state index in [1.54, 1.807) is 0 Å². The summed E-state index contributed by atoms with van der Waals surface area (Å²) < 4.78 is 0. The van der Waals surface area contributed by atoms with Gasteiger partial charge in [0, 0.05) is 5.92 Å². The van der Waals surface area contributed by atoms with Crippen molar-refractivity contribution in [1.82, 2.24) is 0 Å². The van der Waals surface area contributed by atoms with Gasteiger partial charge in [-0.15, -0.1) is 0 Å². The first-order valence-electron chi connectivity index (χ1n) is 6.77. The van der Waals surface area contributed by atoms with E-state index in [1.165, 1.54) is 0 Å². The lowest BCUT2D eigenvalue weighted by molar-refractivity contribution is -0.118. The number of carbonyl (C=O) groups is 1. The summed E-state index contributed by atoms with van der Waals surface area (Å²) in [5.41, 5.74) is 9.65. The number of nitrogen functional groups attached to an aromatic ring is 1. The molecule has 3 heteroatoms. The Bertz CT molecular complexity index is 530. The Morgan fingerprint density at radius 2 is 1.68 bits per heavy atom. The number of amides is 1. The molecule has 0 heterocycles.